The van der Waals surface area contributed by atoms with Crippen molar-refractivity contribution in [1.82, 2.24) is 5.32 Å². The van der Waals surface area contributed by atoms with Gasteiger partial charge in [-0.1, -0.05) is 20.8 Å². The van der Waals surface area contributed by atoms with E-state index in [2.05, 4.69) is 38.2 Å². The molecule has 2 saturated carbocycles. The molecular formula is C17H27NO. The lowest BCUT2D eigenvalue weighted by molar-refractivity contribution is 0.223. The smallest absolute Gasteiger partial charge is 0.117 e. The van der Waals surface area contributed by atoms with E-state index < -0.39 is 0 Å². The summed E-state index contributed by atoms with van der Waals surface area (Å²) in [6.07, 6.45) is 5.35. The van der Waals surface area contributed by atoms with E-state index in [-0.39, 0.29) is 0 Å². The summed E-state index contributed by atoms with van der Waals surface area (Å²) < 4.78 is 5.96. The molecule has 0 radical (unpaired) electrons. The topological polar surface area (TPSA) is 25.2 Å². The van der Waals surface area contributed by atoms with Crippen LogP contribution in [0.4, 0.5) is 0 Å². The maximum absolute atomic E-state index is 5.96. The first kappa shape index (κ1) is 13.2. The molecule has 106 valence electrons. The summed E-state index contributed by atoms with van der Waals surface area (Å²) in [7, 11) is 0. The molecule has 0 bridgehead atoms. The van der Waals surface area contributed by atoms with Crippen molar-refractivity contribution >= 4 is 0 Å². The minimum atomic E-state index is 0.671. The Bertz CT molecular complexity index is 425. The molecule has 2 fully saturated rings. The fraction of sp³-hybridized carbons (Fsp3) is 0.765. The van der Waals surface area contributed by atoms with E-state index >= 15 is 0 Å². The Morgan fingerprint density at radius 3 is 2.58 bits per heavy atom. The molecule has 2 heteroatoms. The van der Waals surface area contributed by atoms with Crippen LogP contribution in [0.15, 0.2) is 16.5 Å². The van der Waals surface area contributed by atoms with Gasteiger partial charge < -0.3 is 9.73 Å². The van der Waals surface area contributed by atoms with E-state index in [0.717, 1.165) is 30.1 Å². The second kappa shape index (κ2) is 5.32. The van der Waals surface area contributed by atoms with Gasteiger partial charge in [-0.25, -0.2) is 0 Å². The van der Waals surface area contributed by atoms with Crippen LogP contribution < -0.4 is 5.32 Å². The van der Waals surface area contributed by atoms with Gasteiger partial charge in [0, 0.05) is 12.0 Å². The molecule has 1 heterocycles. The van der Waals surface area contributed by atoms with E-state index in [1.165, 1.54) is 31.4 Å². The highest BCUT2D eigenvalue weighted by Gasteiger charge is 2.36. The number of hydrogen-bond acceptors (Lipinski definition) is 2. The highest BCUT2D eigenvalue weighted by atomic mass is 16.3. The molecule has 5 atom stereocenters. The summed E-state index contributed by atoms with van der Waals surface area (Å²) in [5, 5.41) is 3.70. The second-order valence-electron chi connectivity index (χ2n) is 7.01. The van der Waals surface area contributed by atoms with Crippen LogP contribution in [0.1, 0.15) is 63.9 Å². The Balaban J connectivity index is 1.50. The lowest BCUT2D eigenvalue weighted by Crippen LogP contribution is -2.38. The van der Waals surface area contributed by atoms with Gasteiger partial charge in [0.25, 0.3) is 0 Å². The summed E-state index contributed by atoms with van der Waals surface area (Å²) in [6.45, 7) is 7.95. The highest BCUT2D eigenvalue weighted by molar-refractivity contribution is 5.17. The van der Waals surface area contributed by atoms with Crippen molar-refractivity contribution in [2.75, 3.05) is 0 Å². The molecule has 5 unspecified atom stereocenters. The average Bonchev–Trinajstić information content (AvgIpc) is 2.91. The maximum Gasteiger partial charge on any atom is 0.117 e. The minimum absolute atomic E-state index is 0.671. The molecule has 0 saturated heterocycles. The van der Waals surface area contributed by atoms with Crippen LogP contribution in [0, 0.1) is 17.8 Å². The number of hydrogen-bond donors (Lipinski definition) is 1. The summed E-state index contributed by atoms with van der Waals surface area (Å²) in [5.41, 5.74) is 0. The maximum atomic E-state index is 5.96. The molecule has 2 aliphatic rings. The Morgan fingerprint density at radius 2 is 1.89 bits per heavy atom. The predicted octanol–water partition coefficient (Wildman–Crippen LogP) is 4.32. The Labute approximate surface area is 117 Å². The molecule has 1 N–H and O–H groups in total. The average molecular weight is 261 g/mol. The third-order valence-electron chi connectivity index (χ3n) is 5.13. The quantitative estimate of drug-likeness (QED) is 0.873. The van der Waals surface area contributed by atoms with Crippen LogP contribution in [0.2, 0.25) is 0 Å². The van der Waals surface area contributed by atoms with Crippen LogP contribution in [-0.2, 0) is 6.54 Å². The number of rotatable bonds is 4. The van der Waals surface area contributed by atoms with Gasteiger partial charge in [0.05, 0.1) is 6.54 Å². The molecule has 3 rings (SSSR count). The largest absolute Gasteiger partial charge is 0.464 e. The first-order valence-electron chi connectivity index (χ1n) is 7.95. The third-order valence-corrected chi connectivity index (χ3v) is 5.13. The fourth-order valence-corrected chi connectivity index (χ4v) is 3.61. The normalized spacial score (nSPS) is 38.4. The van der Waals surface area contributed by atoms with Crippen molar-refractivity contribution < 1.29 is 4.42 Å². The molecule has 2 nitrogen and oxygen atoms in total. The van der Waals surface area contributed by atoms with Gasteiger partial charge in [-0.05, 0) is 55.6 Å². The molecule has 1 aromatic heterocycles. The van der Waals surface area contributed by atoms with Crippen molar-refractivity contribution in [3.8, 4) is 0 Å². The lowest BCUT2D eigenvalue weighted by atomic mass is 9.80. The summed E-state index contributed by atoms with van der Waals surface area (Å²) in [4.78, 5) is 0. The van der Waals surface area contributed by atoms with Crippen LogP contribution in [-0.4, -0.2) is 6.04 Å². The van der Waals surface area contributed by atoms with E-state index in [0.29, 0.717) is 12.0 Å². The van der Waals surface area contributed by atoms with Gasteiger partial charge in [0.1, 0.15) is 11.5 Å². The number of nitrogens with one attached hydrogen (secondary N) is 1. The number of furan rings is 1. The van der Waals surface area contributed by atoms with Gasteiger partial charge in [0.15, 0.2) is 0 Å². The van der Waals surface area contributed by atoms with Crippen molar-refractivity contribution in [3.63, 3.8) is 0 Å². The van der Waals surface area contributed by atoms with Crippen molar-refractivity contribution in [2.45, 2.75) is 65.0 Å². The molecular weight excluding hydrogens is 234 g/mol. The first-order chi connectivity index (χ1) is 9.13. The Kier molecular flexibility index (Phi) is 3.70. The molecule has 19 heavy (non-hydrogen) atoms. The van der Waals surface area contributed by atoms with E-state index in [1.807, 2.05) is 0 Å². The van der Waals surface area contributed by atoms with Crippen LogP contribution in [0.25, 0.3) is 0 Å². The van der Waals surface area contributed by atoms with E-state index in [4.69, 9.17) is 4.42 Å². The molecule has 0 aromatic carbocycles. The summed E-state index contributed by atoms with van der Waals surface area (Å²) in [5.74, 6) is 5.53. The van der Waals surface area contributed by atoms with Crippen molar-refractivity contribution in [2.24, 2.45) is 17.8 Å². The van der Waals surface area contributed by atoms with Gasteiger partial charge in [-0.15, -0.1) is 0 Å². The zero-order valence-electron chi connectivity index (χ0n) is 12.5. The SMILES string of the molecule is CC1CCC(NCc2ccc(C3CC3C)o2)C(C)C1. The van der Waals surface area contributed by atoms with E-state index in [9.17, 15) is 0 Å². The van der Waals surface area contributed by atoms with E-state index in [1.54, 1.807) is 0 Å². The van der Waals surface area contributed by atoms with Crippen molar-refractivity contribution in [1.29, 1.82) is 0 Å². The summed E-state index contributed by atoms with van der Waals surface area (Å²) >= 11 is 0. The second-order valence-corrected chi connectivity index (χ2v) is 7.01. The third kappa shape index (κ3) is 3.05. The molecule has 1 aromatic rings. The summed E-state index contributed by atoms with van der Waals surface area (Å²) in [6, 6.07) is 5.01. The fourth-order valence-electron chi connectivity index (χ4n) is 3.61. The van der Waals surface area contributed by atoms with Gasteiger partial charge >= 0.3 is 0 Å². The van der Waals surface area contributed by atoms with Gasteiger partial charge in [-0.3, -0.25) is 0 Å². The molecule has 2 aliphatic carbocycles. The Hall–Kier alpha value is -0.760. The molecule has 0 spiro atoms. The van der Waals surface area contributed by atoms with Crippen molar-refractivity contribution in [3.05, 3.63) is 23.7 Å². The molecule has 0 amide bonds. The zero-order chi connectivity index (χ0) is 13.4. The Morgan fingerprint density at radius 1 is 1.11 bits per heavy atom. The van der Waals surface area contributed by atoms with Crippen LogP contribution in [0.5, 0.6) is 0 Å². The standard InChI is InChI=1S/C17H27NO/c1-11-4-6-16(13(3)8-11)18-10-14-5-7-17(19-14)15-9-12(15)2/h5,7,11-13,15-16,18H,4,6,8-10H2,1-3H3. The van der Waals surface area contributed by atoms with Gasteiger partial charge in [0.2, 0.25) is 0 Å². The predicted molar refractivity (Wildman–Crippen MR) is 78.0 cm³/mol. The monoisotopic (exact) mass is 261 g/mol. The first-order valence-corrected chi connectivity index (χ1v) is 7.95. The molecule has 0 aliphatic heterocycles. The highest BCUT2D eigenvalue weighted by Crippen LogP contribution is 2.47. The van der Waals surface area contributed by atoms with Gasteiger partial charge in [-0.2, -0.15) is 0 Å². The minimum Gasteiger partial charge on any atom is -0.464 e. The zero-order valence-corrected chi connectivity index (χ0v) is 12.5. The van der Waals surface area contributed by atoms with Crippen LogP contribution in [0.3, 0.4) is 0 Å². The lowest BCUT2D eigenvalue weighted by Gasteiger charge is -2.33. The van der Waals surface area contributed by atoms with Crippen LogP contribution >= 0.6 is 0 Å².